The Balaban J connectivity index is 2.00. The molecule has 1 aliphatic carbocycles. The number of hydrogen-bond donors (Lipinski definition) is 2. The van der Waals surface area contributed by atoms with Crippen LogP contribution in [-0.4, -0.2) is 24.0 Å². The Kier molecular flexibility index (Phi) is 4.93. The van der Waals surface area contributed by atoms with Gasteiger partial charge in [0.1, 0.15) is 0 Å². The molecule has 5 heteroatoms. The number of aromatic nitrogens is 1. The van der Waals surface area contributed by atoms with Crippen LogP contribution >= 0.6 is 0 Å². The van der Waals surface area contributed by atoms with Crippen molar-refractivity contribution in [1.29, 1.82) is 0 Å². The van der Waals surface area contributed by atoms with Gasteiger partial charge in [0.15, 0.2) is 11.6 Å². The fourth-order valence-electron chi connectivity index (χ4n) is 2.75. The Morgan fingerprint density at radius 3 is 2.95 bits per heavy atom. The largest absolute Gasteiger partial charge is 0.368 e. The van der Waals surface area contributed by atoms with Gasteiger partial charge in [0, 0.05) is 19.3 Å². The Bertz CT molecular complexity index is 478. The van der Waals surface area contributed by atoms with Crippen molar-refractivity contribution in [2.45, 2.75) is 33.1 Å². The van der Waals surface area contributed by atoms with Crippen molar-refractivity contribution < 1.29 is 9.18 Å². The third-order valence-electron chi connectivity index (χ3n) is 4.04. The van der Waals surface area contributed by atoms with Crippen LogP contribution < -0.4 is 10.6 Å². The Morgan fingerprint density at radius 1 is 1.50 bits per heavy atom. The summed E-state index contributed by atoms with van der Waals surface area (Å²) in [5.74, 6) is 0.343. The van der Waals surface area contributed by atoms with E-state index in [4.69, 9.17) is 0 Å². The molecule has 1 aromatic heterocycles. The number of carbonyl (C=O) groups excluding carboxylic acids is 1. The third-order valence-corrected chi connectivity index (χ3v) is 4.04. The van der Waals surface area contributed by atoms with E-state index in [1.165, 1.54) is 25.1 Å². The zero-order valence-electron chi connectivity index (χ0n) is 12.1. The van der Waals surface area contributed by atoms with E-state index in [2.05, 4.69) is 22.5 Å². The summed E-state index contributed by atoms with van der Waals surface area (Å²) in [4.78, 5) is 16.0. The summed E-state index contributed by atoms with van der Waals surface area (Å²) < 4.78 is 14.1. The van der Waals surface area contributed by atoms with Gasteiger partial charge < -0.3 is 10.6 Å². The van der Waals surface area contributed by atoms with Crippen LogP contribution in [0.15, 0.2) is 12.3 Å². The fraction of sp³-hybridized carbons (Fsp3) is 0.600. The molecular weight excluding hydrogens is 257 g/mol. The molecule has 1 fully saturated rings. The zero-order chi connectivity index (χ0) is 14.5. The molecular formula is C15H22FN3O. The second kappa shape index (κ2) is 6.68. The number of anilines is 1. The van der Waals surface area contributed by atoms with Gasteiger partial charge in [0.25, 0.3) is 5.91 Å². The third kappa shape index (κ3) is 3.26. The maximum Gasteiger partial charge on any atom is 0.254 e. The molecule has 2 N–H and O–H groups in total. The predicted octanol–water partition coefficient (Wildman–Crippen LogP) is 2.82. The molecule has 1 saturated carbocycles. The Hall–Kier alpha value is -1.65. The molecule has 20 heavy (non-hydrogen) atoms. The van der Waals surface area contributed by atoms with E-state index in [1.54, 1.807) is 0 Å². The van der Waals surface area contributed by atoms with E-state index in [9.17, 15) is 9.18 Å². The molecule has 0 radical (unpaired) electrons. The van der Waals surface area contributed by atoms with Crippen LogP contribution in [0.1, 0.15) is 43.5 Å². The Morgan fingerprint density at radius 2 is 2.30 bits per heavy atom. The summed E-state index contributed by atoms with van der Waals surface area (Å²) in [6.07, 6.45) is 5.03. The minimum atomic E-state index is -0.577. The lowest BCUT2D eigenvalue weighted by Crippen LogP contribution is -2.31. The van der Waals surface area contributed by atoms with Crippen LogP contribution in [-0.2, 0) is 0 Å². The van der Waals surface area contributed by atoms with Gasteiger partial charge in [-0.15, -0.1) is 0 Å². The normalized spacial score (nSPS) is 21.8. The quantitative estimate of drug-likeness (QED) is 0.871. The fourth-order valence-corrected chi connectivity index (χ4v) is 2.75. The van der Waals surface area contributed by atoms with E-state index in [-0.39, 0.29) is 17.3 Å². The standard InChI is InChI=1S/C15H22FN3O/c1-3-17-14-13(16)12(7-8-18-14)15(20)19-9-11-6-4-5-10(11)2/h7-8,10-11H,3-6,9H2,1-2H3,(H,17,18)(H,19,20). The molecule has 0 saturated heterocycles. The maximum atomic E-state index is 14.1. The van der Waals surface area contributed by atoms with Gasteiger partial charge >= 0.3 is 0 Å². The highest BCUT2D eigenvalue weighted by atomic mass is 19.1. The molecule has 110 valence electrons. The second-order valence-electron chi connectivity index (χ2n) is 5.43. The smallest absolute Gasteiger partial charge is 0.254 e. The van der Waals surface area contributed by atoms with Crippen LogP contribution in [0.2, 0.25) is 0 Å². The number of amides is 1. The summed E-state index contributed by atoms with van der Waals surface area (Å²) in [6, 6.07) is 1.42. The topological polar surface area (TPSA) is 54.0 Å². The lowest BCUT2D eigenvalue weighted by molar-refractivity contribution is 0.0940. The lowest BCUT2D eigenvalue weighted by atomic mass is 9.98. The molecule has 1 aromatic rings. The van der Waals surface area contributed by atoms with Gasteiger partial charge in [-0.25, -0.2) is 9.37 Å². The van der Waals surface area contributed by atoms with Crippen molar-refractivity contribution in [2.24, 2.45) is 11.8 Å². The molecule has 2 atom stereocenters. The van der Waals surface area contributed by atoms with E-state index in [1.807, 2.05) is 6.92 Å². The summed E-state index contributed by atoms with van der Waals surface area (Å²) in [5, 5.41) is 5.66. The summed E-state index contributed by atoms with van der Waals surface area (Å²) in [5.41, 5.74) is 0.0570. The number of nitrogens with one attached hydrogen (secondary N) is 2. The van der Waals surface area contributed by atoms with Crippen molar-refractivity contribution in [3.63, 3.8) is 0 Å². The molecule has 0 bridgehead atoms. The summed E-state index contributed by atoms with van der Waals surface area (Å²) in [7, 11) is 0. The Labute approximate surface area is 119 Å². The van der Waals surface area contributed by atoms with Crippen molar-refractivity contribution in [2.75, 3.05) is 18.4 Å². The SMILES string of the molecule is CCNc1nccc(C(=O)NCC2CCCC2C)c1F. The number of nitrogens with zero attached hydrogens (tertiary/aromatic N) is 1. The van der Waals surface area contributed by atoms with Gasteiger partial charge in [0.2, 0.25) is 0 Å². The van der Waals surface area contributed by atoms with Crippen molar-refractivity contribution in [3.05, 3.63) is 23.6 Å². The highest BCUT2D eigenvalue weighted by molar-refractivity contribution is 5.95. The van der Waals surface area contributed by atoms with Crippen LogP contribution in [0.5, 0.6) is 0 Å². The first-order valence-electron chi connectivity index (χ1n) is 7.30. The number of carbonyl (C=O) groups is 1. The van der Waals surface area contributed by atoms with Crippen molar-refractivity contribution >= 4 is 11.7 Å². The number of hydrogen-bond acceptors (Lipinski definition) is 3. The van der Waals surface area contributed by atoms with Crippen molar-refractivity contribution in [1.82, 2.24) is 10.3 Å². The van der Waals surface area contributed by atoms with Crippen LogP contribution in [0, 0.1) is 17.7 Å². The first-order chi connectivity index (χ1) is 9.63. The van der Waals surface area contributed by atoms with E-state index in [0.29, 0.717) is 24.9 Å². The van der Waals surface area contributed by atoms with Gasteiger partial charge in [0.05, 0.1) is 5.56 Å². The number of pyridine rings is 1. The average molecular weight is 279 g/mol. The molecule has 0 aliphatic heterocycles. The minimum Gasteiger partial charge on any atom is -0.368 e. The molecule has 2 unspecified atom stereocenters. The van der Waals surface area contributed by atoms with E-state index in [0.717, 1.165) is 6.42 Å². The molecule has 0 aromatic carbocycles. The minimum absolute atomic E-state index is 0.0570. The van der Waals surface area contributed by atoms with Gasteiger partial charge in [-0.1, -0.05) is 19.8 Å². The molecule has 1 heterocycles. The molecule has 1 amide bonds. The monoisotopic (exact) mass is 279 g/mol. The second-order valence-corrected chi connectivity index (χ2v) is 5.43. The van der Waals surface area contributed by atoms with Crippen molar-refractivity contribution in [3.8, 4) is 0 Å². The highest BCUT2D eigenvalue weighted by Gasteiger charge is 2.24. The van der Waals surface area contributed by atoms with Crippen LogP contribution in [0.4, 0.5) is 10.2 Å². The van der Waals surface area contributed by atoms with Gasteiger partial charge in [-0.3, -0.25) is 4.79 Å². The number of halogens is 1. The van der Waals surface area contributed by atoms with Crippen LogP contribution in [0.25, 0.3) is 0 Å². The summed E-state index contributed by atoms with van der Waals surface area (Å²) >= 11 is 0. The molecule has 1 aliphatic rings. The van der Waals surface area contributed by atoms with Gasteiger partial charge in [-0.2, -0.15) is 0 Å². The first kappa shape index (κ1) is 14.8. The molecule has 0 spiro atoms. The van der Waals surface area contributed by atoms with E-state index >= 15 is 0 Å². The van der Waals surface area contributed by atoms with Crippen LogP contribution in [0.3, 0.4) is 0 Å². The lowest BCUT2D eigenvalue weighted by Gasteiger charge is -2.16. The molecule has 4 nitrogen and oxygen atoms in total. The maximum absolute atomic E-state index is 14.1. The summed E-state index contributed by atoms with van der Waals surface area (Å²) in [6.45, 7) is 5.25. The first-order valence-corrected chi connectivity index (χ1v) is 7.30. The highest BCUT2D eigenvalue weighted by Crippen LogP contribution is 2.30. The van der Waals surface area contributed by atoms with E-state index < -0.39 is 5.82 Å². The average Bonchev–Trinajstić information content (AvgIpc) is 2.84. The predicted molar refractivity (Wildman–Crippen MR) is 77.2 cm³/mol. The molecule has 2 rings (SSSR count). The number of rotatable bonds is 5. The zero-order valence-corrected chi connectivity index (χ0v) is 12.1. The van der Waals surface area contributed by atoms with Gasteiger partial charge in [-0.05, 0) is 31.2 Å².